The molecule has 1 aliphatic rings. The van der Waals surface area contributed by atoms with Gasteiger partial charge < -0.3 is 4.84 Å². The van der Waals surface area contributed by atoms with E-state index < -0.39 is 0 Å². The molecule has 1 saturated heterocycles. The van der Waals surface area contributed by atoms with Crippen molar-refractivity contribution in [3.8, 4) is 0 Å². The first-order chi connectivity index (χ1) is 6.43. The van der Waals surface area contributed by atoms with Crippen LogP contribution in [0.5, 0.6) is 0 Å². The van der Waals surface area contributed by atoms with Gasteiger partial charge >= 0.3 is 0 Å². The second kappa shape index (κ2) is 6.46. The maximum Gasteiger partial charge on any atom is 0.236 e. The third kappa shape index (κ3) is 4.50. The van der Waals surface area contributed by atoms with Crippen LogP contribution in [-0.2, 0) is 4.84 Å². The number of rotatable bonds is 1. The Labute approximate surface area is 79.8 Å². The van der Waals surface area contributed by atoms with Crippen molar-refractivity contribution in [2.24, 2.45) is 0 Å². The van der Waals surface area contributed by atoms with E-state index in [4.69, 9.17) is 4.84 Å². The van der Waals surface area contributed by atoms with Crippen molar-refractivity contribution >= 4 is 13.5 Å². The maximum atomic E-state index is 4.69. The highest BCUT2D eigenvalue weighted by Gasteiger charge is 1.96. The summed E-state index contributed by atoms with van der Waals surface area (Å²) in [5.41, 5.74) is 1.17. The van der Waals surface area contributed by atoms with Crippen LogP contribution in [0, 0.1) is 0 Å². The van der Waals surface area contributed by atoms with E-state index in [-0.39, 0.29) is 0 Å². The zero-order valence-corrected chi connectivity index (χ0v) is 7.70. The average molecular weight is 175 g/mol. The standard InChI is InChI=1S/C8H8.C2H6BNO/c1-2-8-6-4-3-5-7-8;1-2-5-4-3-1/h2-7H,1H2;3-4H,1-2H2. The predicted octanol–water partition coefficient (Wildman–Crippen LogP) is 1.62. The minimum atomic E-state index is 0.889. The molecule has 0 aromatic heterocycles. The average Bonchev–Trinajstić information content (AvgIpc) is 2.77. The molecule has 2 rings (SSSR count). The van der Waals surface area contributed by atoms with Gasteiger partial charge in [-0.2, -0.15) is 0 Å². The number of hydrogen-bond donors (Lipinski definition) is 1. The van der Waals surface area contributed by atoms with Crippen molar-refractivity contribution in [1.29, 1.82) is 0 Å². The van der Waals surface area contributed by atoms with Gasteiger partial charge in [-0.15, -0.1) is 0 Å². The lowest BCUT2D eigenvalue weighted by Crippen LogP contribution is -2.05. The van der Waals surface area contributed by atoms with E-state index in [1.165, 1.54) is 11.9 Å². The highest BCUT2D eigenvalue weighted by molar-refractivity contribution is 6.32. The summed E-state index contributed by atoms with van der Waals surface area (Å²) in [6.45, 7) is 4.52. The molecule has 13 heavy (non-hydrogen) atoms. The highest BCUT2D eigenvalue weighted by atomic mass is 16.6. The molecule has 1 fully saturated rings. The molecule has 1 N–H and O–H groups in total. The van der Waals surface area contributed by atoms with Crippen LogP contribution >= 0.6 is 0 Å². The molecule has 0 atom stereocenters. The van der Waals surface area contributed by atoms with E-state index in [2.05, 4.69) is 12.0 Å². The Morgan fingerprint density at radius 2 is 2.15 bits per heavy atom. The van der Waals surface area contributed by atoms with Crippen molar-refractivity contribution in [3.05, 3.63) is 42.5 Å². The Bertz CT molecular complexity index is 226. The fourth-order valence-electron chi connectivity index (χ4n) is 0.950. The third-order valence-corrected chi connectivity index (χ3v) is 1.66. The molecule has 68 valence electrons. The second-order valence-electron chi connectivity index (χ2n) is 2.71. The zero-order chi connectivity index (χ0) is 9.36. The van der Waals surface area contributed by atoms with Crippen molar-refractivity contribution in [1.82, 2.24) is 5.39 Å². The van der Waals surface area contributed by atoms with Crippen LogP contribution in [0.15, 0.2) is 36.9 Å². The smallest absolute Gasteiger partial charge is 0.236 e. The van der Waals surface area contributed by atoms with Gasteiger partial charge in [0.25, 0.3) is 0 Å². The summed E-state index contributed by atoms with van der Waals surface area (Å²) < 4.78 is 0. The Morgan fingerprint density at radius 1 is 1.38 bits per heavy atom. The predicted molar refractivity (Wildman–Crippen MR) is 57.6 cm³/mol. The lowest BCUT2D eigenvalue weighted by Gasteiger charge is -1.85. The molecule has 0 radical (unpaired) electrons. The van der Waals surface area contributed by atoms with E-state index in [1.807, 2.05) is 36.4 Å². The van der Waals surface area contributed by atoms with Crippen LogP contribution in [0.3, 0.4) is 0 Å². The van der Waals surface area contributed by atoms with E-state index >= 15 is 0 Å². The summed E-state index contributed by atoms with van der Waals surface area (Å²) in [5.74, 6) is 0. The van der Waals surface area contributed by atoms with E-state index in [9.17, 15) is 0 Å². The van der Waals surface area contributed by atoms with Crippen molar-refractivity contribution in [2.45, 2.75) is 6.32 Å². The fraction of sp³-hybridized carbons (Fsp3) is 0.200. The van der Waals surface area contributed by atoms with Gasteiger partial charge in [0, 0.05) is 0 Å². The minimum absolute atomic E-state index is 0.889. The normalized spacial score (nSPS) is 13.8. The Kier molecular flexibility index (Phi) is 4.98. The Balaban J connectivity index is 0.000000145. The van der Waals surface area contributed by atoms with Gasteiger partial charge in [-0.3, -0.25) is 0 Å². The molecular formula is C10H14BNO. The van der Waals surface area contributed by atoms with Crippen LogP contribution in [-0.4, -0.2) is 14.0 Å². The van der Waals surface area contributed by atoms with E-state index in [1.54, 1.807) is 0 Å². The maximum absolute atomic E-state index is 4.69. The topological polar surface area (TPSA) is 21.3 Å². The minimum Gasteiger partial charge on any atom is -0.314 e. The zero-order valence-electron chi connectivity index (χ0n) is 7.70. The van der Waals surface area contributed by atoms with Crippen LogP contribution in [0.1, 0.15) is 5.56 Å². The summed E-state index contributed by atoms with van der Waals surface area (Å²) in [4.78, 5) is 4.69. The summed E-state index contributed by atoms with van der Waals surface area (Å²) in [6, 6.07) is 10.0. The van der Waals surface area contributed by atoms with Gasteiger partial charge in [0.2, 0.25) is 7.41 Å². The summed E-state index contributed by atoms with van der Waals surface area (Å²) in [6.07, 6.45) is 3.00. The van der Waals surface area contributed by atoms with Crippen LogP contribution in [0.4, 0.5) is 0 Å². The molecule has 1 heterocycles. The first-order valence-corrected chi connectivity index (χ1v) is 4.45. The van der Waals surface area contributed by atoms with E-state index in [0.717, 1.165) is 14.0 Å². The van der Waals surface area contributed by atoms with Crippen molar-refractivity contribution in [2.75, 3.05) is 6.61 Å². The van der Waals surface area contributed by atoms with Gasteiger partial charge in [0.05, 0.1) is 6.61 Å². The monoisotopic (exact) mass is 175 g/mol. The van der Waals surface area contributed by atoms with E-state index in [0.29, 0.717) is 0 Å². The highest BCUT2D eigenvalue weighted by Crippen LogP contribution is 1.97. The molecule has 3 heteroatoms. The molecule has 0 aliphatic carbocycles. The molecule has 2 nitrogen and oxygen atoms in total. The quantitative estimate of drug-likeness (QED) is 0.654. The van der Waals surface area contributed by atoms with Gasteiger partial charge in [0.1, 0.15) is 0 Å². The van der Waals surface area contributed by atoms with Crippen LogP contribution in [0.2, 0.25) is 6.32 Å². The second-order valence-corrected chi connectivity index (χ2v) is 2.71. The summed E-state index contributed by atoms with van der Waals surface area (Å²) >= 11 is 0. The Hall–Kier alpha value is -1.06. The fourth-order valence-corrected chi connectivity index (χ4v) is 0.950. The van der Waals surface area contributed by atoms with Gasteiger partial charge in [-0.1, -0.05) is 43.0 Å². The molecule has 1 aliphatic heterocycles. The molecule has 1 aromatic rings. The Morgan fingerprint density at radius 3 is 2.46 bits per heavy atom. The summed E-state index contributed by atoms with van der Waals surface area (Å²) in [5, 5.41) is 2.72. The molecule has 0 saturated carbocycles. The number of nitrogens with one attached hydrogen (secondary N) is 1. The lowest BCUT2D eigenvalue weighted by atomic mass is 9.94. The van der Waals surface area contributed by atoms with Crippen LogP contribution < -0.4 is 5.39 Å². The third-order valence-electron chi connectivity index (χ3n) is 1.66. The van der Waals surface area contributed by atoms with Gasteiger partial charge in [0.15, 0.2) is 0 Å². The SMILES string of the molecule is B1CCON1.C=Cc1ccccc1. The van der Waals surface area contributed by atoms with Gasteiger partial charge in [-0.25, -0.2) is 5.39 Å². The first-order valence-electron chi connectivity index (χ1n) is 4.45. The molecule has 1 aromatic carbocycles. The summed E-state index contributed by atoms with van der Waals surface area (Å²) in [7, 11) is 1.03. The van der Waals surface area contributed by atoms with Crippen molar-refractivity contribution in [3.63, 3.8) is 0 Å². The molecular weight excluding hydrogens is 161 g/mol. The molecule has 0 spiro atoms. The molecule has 0 unspecified atom stereocenters. The number of benzene rings is 1. The molecule has 0 amide bonds. The van der Waals surface area contributed by atoms with Gasteiger partial charge in [-0.05, 0) is 11.9 Å². The number of hydrogen-bond acceptors (Lipinski definition) is 2. The van der Waals surface area contributed by atoms with Crippen molar-refractivity contribution < 1.29 is 4.84 Å². The molecule has 0 bridgehead atoms. The van der Waals surface area contributed by atoms with Crippen LogP contribution in [0.25, 0.3) is 6.08 Å². The first kappa shape index (κ1) is 10.0. The lowest BCUT2D eigenvalue weighted by molar-refractivity contribution is 0.128. The largest absolute Gasteiger partial charge is 0.314 e.